The van der Waals surface area contributed by atoms with Crippen LogP contribution in [0, 0.1) is 0 Å². The van der Waals surface area contributed by atoms with E-state index in [1.54, 1.807) is 6.07 Å². The van der Waals surface area contributed by atoms with E-state index < -0.39 is 6.98 Å². The van der Waals surface area contributed by atoms with Gasteiger partial charge in [0.15, 0.2) is 11.6 Å². The fourth-order valence-electron chi connectivity index (χ4n) is 2.74. The summed E-state index contributed by atoms with van der Waals surface area (Å²) in [5, 5.41) is 4.11. The van der Waals surface area contributed by atoms with Crippen LogP contribution in [-0.2, 0) is 6.98 Å². The zero-order valence-corrected chi connectivity index (χ0v) is 13.3. The van der Waals surface area contributed by atoms with Gasteiger partial charge in [0.2, 0.25) is 0 Å². The van der Waals surface area contributed by atoms with Crippen molar-refractivity contribution in [3.8, 4) is 28.3 Å². The monoisotopic (exact) mass is 335 g/mol. The Hall–Kier alpha value is -3.48. The van der Waals surface area contributed by atoms with E-state index in [0.717, 1.165) is 4.68 Å². The highest BCUT2D eigenvalue weighted by atomic mass is 16.5. The molecule has 0 fully saturated rings. The minimum atomic E-state index is -2.46. The van der Waals surface area contributed by atoms with Crippen molar-refractivity contribution in [2.75, 3.05) is 12.8 Å². The van der Waals surface area contributed by atoms with Crippen LogP contribution in [0.15, 0.2) is 48.9 Å². The lowest BCUT2D eigenvalue weighted by molar-refractivity contribution is 0.416. The Morgan fingerprint density at radius 1 is 1.20 bits per heavy atom. The second-order valence-corrected chi connectivity index (χ2v) is 5.35. The quantitative estimate of drug-likeness (QED) is 0.619. The van der Waals surface area contributed by atoms with E-state index >= 15 is 0 Å². The predicted molar refractivity (Wildman–Crippen MR) is 95.9 cm³/mol. The SMILES string of the molecule is [2H]C([2H])([2H])n1ncc(-c2ncnc3cc(OC)c(N)nc23)c1-c1ccccc1. The molecule has 25 heavy (non-hydrogen) atoms. The highest BCUT2D eigenvalue weighted by Crippen LogP contribution is 2.34. The summed E-state index contributed by atoms with van der Waals surface area (Å²) in [6.07, 6.45) is 2.86. The largest absolute Gasteiger partial charge is 0.493 e. The van der Waals surface area contributed by atoms with E-state index in [1.807, 2.05) is 30.3 Å². The molecule has 124 valence electrons. The van der Waals surface area contributed by atoms with Crippen LogP contribution >= 0.6 is 0 Å². The lowest BCUT2D eigenvalue weighted by Gasteiger charge is -2.09. The lowest BCUT2D eigenvalue weighted by atomic mass is 10.0. The number of aryl methyl sites for hydroxylation is 1. The van der Waals surface area contributed by atoms with Crippen molar-refractivity contribution in [2.45, 2.75) is 0 Å². The van der Waals surface area contributed by atoms with Crippen LogP contribution in [0.2, 0.25) is 0 Å². The van der Waals surface area contributed by atoms with Gasteiger partial charge in [0.1, 0.15) is 17.5 Å². The summed E-state index contributed by atoms with van der Waals surface area (Å²) in [7, 11) is 1.50. The molecule has 0 aliphatic heterocycles. The summed E-state index contributed by atoms with van der Waals surface area (Å²) in [5.41, 5.74) is 8.99. The average Bonchev–Trinajstić information content (AvgIpc) is 3.13. The molecule has 0 saturated heterocycles. The van der Waals surface area contributed by atoms with Gasteiger partial charge < -0.3 is 10.5 Å². The molecule has 3 heterocycles. The maximum Gasteiger partial charge on any atom is 0.166 e. The van der Waals surface area contributed by atoms with Gasteiger partial charge in [0.25, 0.3) is 0 Å². The molecule has 0 amide bonds. The minimum Gasteiger partial charge on any atom is -0.493 e. The maximum atomic E-state index is 7.84. The van der Waals surface area contributed by atoms with Gasteiger partial charge >= 0.3 is 0 Å². The maximum absolute atomic E-state index is 7.84. The fraction of sp³-hybridized carbons (Fsp3) is 0.111. The normalized spacial score (nSPS) is 13.2. The third-order valence-corrected chi connectivity index (χ3v) is 3.89. The van der Waals surface area contributed by atoms with Crippen LogP contribution in [0.4, 0.5) is 5.82 Å². The molecule has 0 radical (unpaired) electrons. The number of pyridine rings is 1. The highest BCUT2D eigenvalue weighted by Gasteiger charge is 2.18. The van der Waals surface area contributed by atoms with E-state index in [-0.39, 0.29) is 5.82 Å². The Kier molecular flexibility index (Phi) is 2.81. The summed E-state index contributed by atoms with van der Waals surface area (Å²) in [6, 6.07) is 10.8. The number of nitrogen functional groups attached to an aromatic ring is 1. The van der Waals surface area contributed by atoms with Crippen LogP contribution < -0.4 is 10.5 Å². The Balaban J connectivity index is 2.03. The lowest BCUT2D eigenvalue weighted by Crippen LogP contribution is -2.00. The molecule has 4 aromatic rings. The number of benzene rings is 1. The number of nitrogens with zero attached hydrogens (tertiary/aromatic N) is 5. The van der Waals surface area contributed by atoms with E-state index in [9.17, 15) is 0 Å². The van der Waals surface area contributed by atoms with Gasteiger partial charge in [-0.25, -0.2) is 15.0 Å². The molecule has 0 aliphatic rings. The molecule has 4 rings (SSSR count). The topological polar surface area (TPSA) is 91.7 Å². The average molecular weight is 335 g/mol. The number of hydrogen-bond donors (Lipinski definition) is 1. The standard InChI is InChI=1S/C18H16N6O/c1-24-17(11-6-4-3-5-7-11)12(9-22-24)15-16-13(20-10-21-15)8-14(25-2)18(19)23-16/h3-10H,1-2H3,(H2,19,23)/i1D3. The van der Waals surface area contributed by atoms with E-state index in [4.69, 9.17) is 14.6 Å². The summed E-state index contributed by atoms with van der Waals surface area (Å²) < 4.78 is 29.7. The Bertz CT molecular complexity index is 1160. The minimum absolute atomic E-state index is 0.190. The van der Waals surface area contributed by atoms with Gasteiger partial charge in [0.05, 0.1) is 24.5 Å². The summed E-state index contributed by atoms with van der Waals surface area (Å²) in [5.74, 6) is 0.592. The number of hydrogen-bond acceptors (Lipinski definition) is 6. The Morgan fingerprint density at radius 2 is 2.04 bits per heavy atom. The molecule has 0 atom stereocenters. The highest BCUT2D eigenvalue weighted by molar-refractivity contribution is 5.94. The van der Waals surface area contributed by atoms with Crippen LogP contribution in [0.5, 0.6) is 5.75 Å². The number of nitrogens with two attached hydrogens (primary N) is 1. The molecule has 0 aliphatic carbocycles. The molecule has 0 bridgehead atoms. The van der Waals surface area contributed by atoms with Gasteiger partial charge in [-0.1, -0.05) is 30.3 Å². The van der Waals surface area contributed by atoms with Gasteiger partial charge in [-0.15, -0.1) is 0 Å². The molecular formula is C18H16N6O. The Morgan fingerprint density at radius 3 is 2.80 bits per heavy atom. The van der Waals surface area contributed by atoms with Crippen LogP contribution in [0.1, 0.15) is 4.11 Å². The van der Waals surface area contributed by atoms with Gasteiger partial charge in [-0.05, 0) is 0 Å². The molecule has 2 N–H and O–H groups in total. The molecule has 7 heteroatoms. The predicted octanol–water partition coefficient (Wildman–Crippen LogP) is 2.68. The van der Waals surface area contributed by atoms with Crippen LogP contribution in [-0.4, -0.2) is 31.8 Å². The van der Waals surface area contributed by atoms with Gasteiger partial charge in [0, 0.05) is 28.3 Å². The zero-order chi connectivity index (χ0) is 19.9. The number of anilines is 1. The number of ether oxygens (including phenoxy) is 1. The summed E-state index contributed by atoms with van der Waals surface area (Å²) >= 11 is 0. The van der Waals surface area contributed by atoms with Crippen molar-refractivity contribution in [3.05, 3.63) is 48.9 Å². The van der Waals surface area contributed by atoms with Crippen molar-refractivity contribution in [1.82, 2.24) is 24.7 Å². The molecule has 0 spiro atoms. The van der Waals surface area contributed by atoms with E-state index in [1.165, 1.54) is 19.6 Å². The fourth-order valence-corrected chi connectivity index (χ4v) is 2.74. The zero-order valence-electron chi connectivity index (χ0n) is 16.3. The first-order valence-corrected chi connectivity index (χ1v) is 7.49. The first kappa shape index (κ1) is 12.0. The first-order valence-electron chi connectivity index (χ1n) is 8.99. The van der Waals surface area contributed by atoms with E-state index in [0.29, 0.717) is 39.3 Å². The molecule has 7 nitrogen and oxygen atoms in total. The second kappa shape index (κ2) is 5.86. The van der Waals surface area contributed by atoms with Crippen molar-refractivity contribution in [1.29, 1.82) is 0 Å². The van der Waals surface area contributed by atoms with Gasteiger partial charge in [-0.3, -0.25) is 4.68 Å². The third kappa shape index (κ3) is 2.46. The van der Waals surface area contributed by atoms with E-state index in [2.05, 4.69) is 20.1 Å². The van der Waals surface area contributed by atoms with Crippen molar-refractivity contribution < 1.29 is 8.85 Å². The summed E-state index contributed by atoms with van der Waals surface area (Å²) in [6.45, 7) is -2.46. The molecule has 0 saturated carbocycles. The molecule has 0 unspecified atom stereocenters. The van der Waals surface area contributed by atoms with Crippen LogP contribution in [0.3, 0.4) is 0 Å². The summed E-state index contributed by atoms with van der Waals surface area (Å²) in [4.78, 5) is 13.0. The molecule has 3 aromatic heterocycles. The number of aromatic nitrogens is 5. The Labute approximate surface area is 148 Å². The number of methoxy groups -OCH3 is 1. The smallest absolute Gasteiger partial charge is 0.166 e. The van der Waals surface area contributed by atoms with Crippen molar-refractivity contribution in [3.63, 3.8) is 0 Å². The second-order valence-electron chi connectivity index (χ2n) is 5.35. The first-order chi connectivity index (χ1) is 13.4. The molecule has 1 aromatic carbocycles. The van der Waals surface area contributed by atoms with Crippen molar-refractivity contribution in [2.24, 2.45) is 6.98 Å². The van der Waals surface area contributed by atoms with Crippen molar-refractivity contribution >= 4 is 16.9 Å². The molecular weight excluding hydrogens is 316 g/mol. The van der Waals surface area contributed by atoms with Crippen LogP contribution in [0.25, 0.3) is 33.5 Å². The third-order valence-electron chi connectivity index (χ3n) is 3.89. The number of fused-ring (bicyclic) bond motifs is 1. The van der Waals surface area contributed by atoms with Gasteiger partial charge in [-0.2, -0.15) is 5.10 Å². The number of rotatable bonds is 3.